The average molecular weight is 902 g/mol. The number of quaternary nitrogens is 1. The number of unbranched alkanes of at least 4 members (excludes halogenated alkanes) is 38. The van der Waals surface area contributed by atoms with E-state index in [0.717, 1.165) is 38.5 Å². The van der Waals surface area contributed by atoms with Gasteiger partial charge in [0.2, 0.25) is 5.91 Å². The van der Waals surface area contributed by atoms with Crippen molar-refractivity contribution >= 4 is 13.7 Å². The van der Waals surface area contributed by atoms with E-state index in [1.807, 2.05) is 21.1 Å². The number of hydrogen-bond donors (Lipinski definition) is 3. The molecule has 3 atom stereocenters. The number of likely N-dealkylation sites (N-methyl/N-ethyl adjacent to an activating group) is 1. The van der Waals surface area contributed by atoms with Crippen LogP contribution in [0.25, 0.3) is 0 Å². The van der Waals surface area contributed by atoms with Crippen molar-refractivity contribution in [1.82, 2.24) is 5.32 Å². The first kappa shape index (κ1) is 61.5. The van der Waals surface area contributed by atoms with Crippen LogP contribution in [0.4, 0.5) is 0 Å². The van der Waals surface area contributed by atoms with Crippen molar-refractivity contribution in [3.8, 4) is 0 Å². The van der Waals surface area contributed by atoms with Crippen LogP contribution in [-0.4, -0.2) is 73.4 Å². The molecule has 9 heteroatoms. The minimum absolute atomic E-state index is 0.0782. The Hall–Kier alpha value is -0.500. The molecule has 62 heavy (non-hydrogen) atoms. The molecule has 0 bridgehead atoms. The maximum atomic E-state index is 12.8. The Morgan fingerprint density at radius 2 is 0.774 bits per heavy atom. The Morgan fingerprint density at radius 3 is 1.08 bits per heavy atom. The molecule has 1 amide bonds. The van der Waals surface area contributed by atoms with E-state index >= 15 is 0 Å². The molecule has 0 aliphatic heterocycles. The van der Waals surface area contributed by atoms with Gasteiger partial charge < -0.3 is 19.8 Å². The molecule has 372 valence electrons. The lowest BCUT2D eigenvalue weighted by Crippen LogP contribution is -2.46. The molecule has 0 aromatic carbocycles. The molecule has 3 N–H and O–H groups in total. The molecule has 0 aliphatic rings. The minimum Gasteiger partial charge on any atom is -0.391 e. The highest BCUT2D eigenvalue weighted by atomic mass is 31.2. The number of rotatable bonds is 51. The fraction of sp³-hybridized carbons (Fsp3) is 0.981. The van der Waals surface area contributed by atoms with Gasteiger partial charge in [0.15, 0.2) is 0 Å². The molecule has 0 rings (SSSR count). The number of phosphoric acid groups is 1. The van der Waals surface area contributed by atoms with Gasteiger partial charge >= 0.3 is 7.82 Å². The lowest BCUT2D eigenvalue weighted by atomic mass is 10.0. The van der Waals surface area contributed by atoms with Gasteiger partial charge in [0, 0.05) is 6.42 Å². The van der Waals surface area contributed by atoms with Crippen molar-refractivity contribution in [2.45, 2.75) is 296 Å². The first-order valence-corrected chi connectivity index (χ1v) is 28.9. The highest BCUT2D eigenvalue weighted by Gasteiger charge is 2.28. The van der Waals surface area contributed by atoms with Gasteiger partial charge in [-0.15, -0.1) is 0 Å². The molecule has 0 spiro atoms. The topological polar surface area (TPSA) is 105 Å². The largest absolute Gasteiger partial charge is 0.472 e. The summed E-state index contributed by atoms with van der Waals surface area (Å²) in [5, 5.41) is 13.9. The molecular weight excluding hydrogens is 792 g/mol. The van der Waals surface area contributed by atoms with Crippen LogP contribution in [0.15, 0.2) is 0 Å². The molecule has 0 aromatic rings. The van der Waals surface area contributed by atoms with Gasteiger partial charge in [-0.3, -0.25) is 13.8 Å². The van der Waals surface area contributed by atoms with Gasteiger partial charge in [0.25, 0.3) is 0 Å². The van der Waals surface area contributed by atoms with Gasteiger partial charge in [-0.1, -0.05) is 264 Å². The SMILES string of the molecule is CCCCCCCCCCCCCCCCCCCCCCCCCCCCCCCCCCCC(O)C(COP(=O)(O)OCC[N+](C)(C)C)NC(=O)CCCCCCCCC. The number of carbonyl (C=O) groups is 1. The van der Waals surface area contributed by atoms with Crippen LogP contribution in [0.5, 0.6) is 0 Å². The Balaban J connectivity index is 3.82. The van der Waals surface area contributed by atoms with E-state index < -0.39 is 20.0 Å². The summed E-state index contributed by atoms with van der Waals surface area (Å²) in [5.41, 5.74) is 0. The minimum atomic E-state index is -4.30. The molecule has 0 heterocycles. The number of amides is 1. The highest BCUT2D eigenvalue weighted by molar-refractivity contribution is 7.47. The summed E-state index contributed by atoms with van der Waals surface area (Å²) in [5.74, 6) is -0.147. The first-order chi connectivity index (χ1) is 30.0. The maximum Gasteiger partial charge on any atom is 0.472 e. The number of aliphatic hydroxyl groups excluding tert-OH is 1. The van der Waals surface area contributed by atoms with Crippen molar-refractivity contribution in [2.75, 3.05) is 40.9 Å². The summed E-state index contributed by atoms with van der Waals surface area (Å²) in [6.45, 7) is 4.87. The quantitative estimate of drug-likeness (QED) is 0.0319. The van der Waals surface area contributed by atoms with Gasteiger partial charge in [-0.25, -0.2) is 4.57 Å². The third-order valence-corrected chi connectivity index (χ3v) is 13.8. The monoisotopic (exact) mass is 902 g/mol. The van der Waals surface area contributed by atoms with Crippen molar-refractivity contribution in [2.24, 2.45) is 0 Å². The Bertz CT molecular complexity index is 978. The van der Waals surface area contributed by atoms with Crippen molar-refractivity contribution in [3.63, 3.8) is 0 Å². The third-order valence-electron chi connectivity index (χ3n) is 12.9. The molecular formula is C53H110N2O6P+. The van der Waals surface area contributed by atoms with Gasteiger partial charge in [0.1, 0.15) is 13.2 Å². The second-order valence-electron chi connectivity index (χ2n) is 20.3. The molecule has 8 nitrogen and oxygen atoms in total. The number of aliphatic hydroxyl groups is 1. The fourth-order valence-corrected chi connectivity index (χ4v) is 9.26. The van der Waals surface area contributed by atoms with Crippen LogP contribution < -0.4 is 5.32 Å². The van der Waals surface area contributed by atoms with Crippen molar-refractivity contribution in [1.29, 1.82) is 0 Å². The van der Waals surface area contributed by atoms with E-state index in [-0.39, 0.29) is 19.1 Å². The lowest BCUT2D eigenvalue weighted by molar-refractivity contribution is -0.870. The summed E-state index contributed by atoms with van der Waals surface area (Å²) < 4.78 is 23.6. The normalized spacial score (nSPS) is 14.0. The van der Waals surface area contributed by atoms with Crippen LogP contribution in [0.2, 0.25) is 0 Å². The maximum absolute atomic E-state index is 12.8. The van der Waals surface area contributed by atoms with E-state index in [9.17, 15) is 19.4 Å². The number of phosphoric ester groups is 1. The van der Waals surface area contributed by atoms with Crippen LogP contribution >= 0.6 is 7.82 Å². The molecule has 0 saturated heterocycles. The average Bonchev–Trinajstić information content (AvgIpc) is 3.23. The van der Waals surface area contributed by atoms with Crippen LogP contribution in [0.1, 0.15) is 284 Å². The molecule has 0 radical (unpaired) electrons. The Morgan fingerprint density at radius 1 is 0.484 bits per heavy atom. The Labute approximate surface area is 387 Å². The lowest BCUT2D eigenvalue weighted by Gasteiger charge is -2.26. The zero-order valence-electron chi connectivity index (χ0n) is 42.4. The van der Waals surface area contributed by atoms with Crippen LogP contribution in [0, 0.1) is 0 Å². The molecule has 0 saturated carbocycles. The van der Waals surface area contributed by atoms with Gasteiger partial charge in [-0.05, 0) is 12.8 Å². The molecule has 0 fully saturated rings. The van der Waals surface area contributed by atoms with E-state index in [0.29, 0.717) is 23.9 Å². The first-order valence-electron chi connectivity index (χ1n) is 27.4. The van der Waals surface area contributed by atoms with E-state index in [1.165, 1.54) is 218 Å². The van der Waals surface area contributed by atoms with E-state index in [4.69, 9.17) is 9.05 Å². The molecule has 3 unspecified atom stereocenters. The number of hydrogen-bond acceptors (Lipinski definition) is 5. The van der Waals surface area contributed by atoms with Gasteiger partial charge in [-0.2, -0.15) is 0 Å². The summed E-state index contributed by atoms with van der Waals surface area (Å²) in [6, 6.07) is -0.752. The van der Waals surface area contributed by atoms with Crippen molar-refractivity contribution in [3.05, 3.63) is 0 Å². The van der Waals surface area contributed by atoms with Gasteiger partial charge in [0.05, 0.1) is 39.9 Å². The number of carbonyl (C=O) groups excluding carboxylic acids is 1. The standard InChI is InChI=1S/C53H109N2O6P/c1-6-8-10-12-14-15-16-17-18-19-20-21-22-23-24-25-26-27-28-29-30-31-32-33-34-35-36-37-38-39-41-42-44-46-52(56)51(50-61-62(58,59)60-49-48-55(3,4)5)54-53(57)47-45-43-40-13-11-9-7-2/h51-52,56H,6-50H2,1-5H3,(H-,54,57,58,59)/p+1. The van der Waals surface area contributed by atoms with Crippen LogP contribution in [-0.2, 0) is 18.4 Å². The predicted octanol–water partition coefficient (Wildman–Crippen LogP) is 16.1. The summed E-state index contributed by atoms with van der Waals surface area (Å²) in [4.78, 5) is 23.0. The van der Waals surface area contributed by atoms with Crippen molar-refractivity contribution < 1.29 is 32.9 Å². The van der Waals surface area contributed by atoms with E-state index in [1.54, 1.807) is 0 Å². The van der Waals surface area contributed by atoms with Crippen LogP contribution in [0.3, 0.4) is 0 Å². The zero-order valence-corrected chi connectivity index (χ0v) is 43.3. The zero-order chi connectivity index (χ0) is 45.7. The summed E-state index contributed by atoms with van der Waals surface area (Å²) >= 11 is 0. The Kier molecular flexibility index (Phi) is 45.3. The fourth-order valence-electron chi connectivity index (χ4n) is 8.52. The highest BCUT2D eigenvalue weighted by Crippen LogP contribution is 2.43. The molecule has 0 aliphatic carbocycles. The summed E-state index contributed by atoms with van der Waals surface area (Å²) in [6.07, 6.45) is 53.5. The third kappa shape index (κ3) is 47.5. The van der Waals surface area contributed by atoms with E-state index in [2.05, 4.69) is 19.2 Å². The smallest absolute Gasteiger partial charge is 0.391 e. The number of nitrogens with one attached hydrogen (secondary N) is 1. The molecule has 0 aromatic heterocycles. The summed E-state index contributed by atoms with van der Waals surface area (Å²) in [7, 11) is 1.63. The second kappa shape index (κ2) is 45.6. The number of nitrogens with zero attached hydrogens (tertiary/aromatic N) is 1. The second-order valence-corrected chi connectivity index (χ2v) is 21.8. The predicted molar refractivity (Wildman–Crippen MR) is 268 cm³/mol.